The third-order valence-electron chi connectivity index (χ3n) is 5.21. The molecule has 0 unspecified atom stereocenters. The standard InChI is InChI=1S/C24H13N5O7S3/c30-21-20(37-23(27-21)25-14-3-1-2-13(10-14)22(31)32)9-12-4-7-18(17(8-12)29(35)36)38-24-26-16-6-5-15(28(33)34)11-19(16)39-24/h1-11H,(H,31,32)(H,25,27,30)/b20-9-. The molecule has 0 saturated carbocycles. The monoisotopic (exact) mass is 579 g/mol. The van der Waals surface area contributed by atoms with Gasteiger partial charge in [0.25, 0.3) is 17.3 Å². The molecule has 4 aromatic rings. The van der Waals surface area contributed by atoms with Crippen molar-refractivity contribution >= 4 is 85.3 Å². The zero-order valence-corrected chi connectivity index (χ0v) is 21.7. The van der Waals surface area contributed by atoms with E-state index in [9.17, 15) is 29.8 Å². The molecule has 5 rings (SSSR count). The van der Waals surface area contributed by atoms with Crippen LogP contribution in [0, 0.1) is 20.2 Å². The summed E-state index contributed by atoms with van der Waals surface area (Å²) in [6, 6.07) is 14.7. The molecule has 0 bridgehead atoms. The molecule has 0 aliphatic carbocycles. The van der Waals surface area contributed by atoms with Gasteiger partial charge in [0, 0.05) is 18.2 Å². The Labute approximate surface area is 230 Å². The van der Waals surface area contributed by atoms with Crippen LogP contribution in [0.2, 0.25) is 0 Å². The quantitative estimate of drug-likeness (QED) is 0.153. The van der Waals surface area contributed by atoms with Crippen LogP contribution in [0.15, 0.2) is 79.8 Å². The van der Waals surface area contributed by atoms with Crippen LogP contribution in [0.5, 0.6) is 0 Å². The Morgan fingerprint density at radius 3 is 2.64 bits per heavy atom. The van der Waals surface area contributed by atoms with Crippen molar-refractivity contribution in [3.8, 4) is 0 Å². The summed E-state index contributed by atoms with van der Waals surface area (Å²) in [4.78, 5) is 54.7. The number of rotatable bonds is 7. The number of aromatic nitrogens is 1. The molecule has 3 aromatic carbocycles. The molecule has 1 saturated heterocycles. The third kappa shape index (κ3) is 5.79. The maximum Gasteiger partial charge on any atom is 0.335 e. The van der Waals surface area contributed by atoms with E-state index in [0.717, 1.165) is 23.5 Å². The van der Waals surface area contributed by atoms with E-state index in [0.29, 0.717) is 30.7 Å². The number of amides is 1. The van der Waals surface area contributed by atoms with Crippen LogP contribution in [0.4, 0.5) is 17.1 Å². The molecule has 0 atom stereocenters. The van der Waals surface area contributed by atoms with Gasteiger partial charge in [0.2, 0.25) is 0 Å². The molecule has 15 heteroatoms. The normalized spacial score (nSPS) is 15.1. The van der Waals surface area contributed by atoms with E-state index in [1.54, 1.807) is 18.2 Å². The number of hydrogen-bond acceptors (Lipinski definition) is 11. The zero-order chi connectivity index (χ0) is 27.7. The van der Waals surface area contributed by atoms with Crippen molar-refractivity contribution in [2.24, 2.45) is 4.99 Å². The van der Waals surface area contributed by atoms with Crippen LogP contribution in [0.3, 0.4) is 0 Å². The van der Waals surface area contributed by atoms with Crippen molar-refractivity contribution < 1.29 is 24.5 Å². The number of nitrogens with zero attached hydrogens (tertiary/aromatic N) is 4. The summed E-state index contributed by atoms with van der Waals surface area (Å²) in [5.74, 6) is -1.55. The van der Waals surface area contributed by atoms with Crippen LogP contribution >= 0.6 is 34.9 Å². The molecule has 2 N–H and O–H groups in total. The molecule has 1 aromatic heterocycles. The molecule has 1 fully saturated rings. The molecule has 0 spiro atoms. The van der Waals surface area contributed by atoms with Crippen molar-refractivity contribution in [1.29, 1.82) is 0 Å². The van der Waals surface area contributed by atoms with Crippen molar-refractivity contribution in [3.63, 3.8) is 0 Å². The van der Waals surface area contributed by atoms with Gasteiger partial charge in [-0.25, -0.2) is 14.8 Å². The van der Waals surface area contributed by atoms with E-state index in [2.05, 4.69) is 15.3 Å². The summed E-state index contributed by atoms with van der Waals surface area (Å²) < 4.78 is 1.07. The number of thioether (sulfide) groups is 1. The third-order valence-corrected chi connectivity index (χ3v) is 8.27. The number of fused-ring (bicyclic) bond motifs is 1. The SMILES string of the molecule is O=C1NC(=Nc2cccc(C(=O)O)c2)S/C1=C\c1ccc(Sc2nc3ccc([N+](=O)[O-])cc3s2)c([N+](=O)[O-])c1. The molecule has 12 nitrogen and oxygen atoms in total. The van der Waals surface area contributed by atoms with E-state index in [1.165, 1.54) is 59.9 Å². The first-order chi connectivity index (χ1) is 18.7. The predicted octanol–water partition coefficient (Wildman–Crippen LogP) is 5.85. The average Bonchev–Trinajstić information content (AvgIpc) is 3.46. The molecule has 39 heavy (non-hydrogen) atoms. The lowest BCUT2D eigenvalue weighted by Gasteiger charge is -2.02. The zero-order valence-electron chi connectivity index (χ0n) is 19.3. The highest BCUT2D eigenvalue weighted by Gasteiger charge is 2.25. The number of carbonyl (C=O) groups excluding carboxylic acids is 1. The molecule has 194 valence electrons. The minimum absolute atomic E-state index is 0.0550. The maximum absolute atomic E-state index is 12.5. The summed E-state index contributed by atoms with van der Waals surface area (Å²) in [5, 5.41) is 34.8. The fourth-order valence-electron chi connectivity index (χ4n) is 3.45. The van der Waals surface area contributed by atoms with Crippen LogP contribution in [0.25, 0.3) is 16.3 Å². The lowest BCUT2D eigenvalue weighted by Crippen LogP contribution is -2.19. The minimum Gasteiger partial charge on any atom is -0.478 e. The number of aliphatic imine (C=N–C) groups is 1. The van der Waals surface area contributed by atoms with Gasteiger partial charge in [0.1, 0.15) is 0 Å². The number of thiazole rings is 1. The van der Waals surface area contributed by atoms with Crippen molar-refractivity contribution in [3.05, 3.63) is 96.9 Å². The first kappa shape index (κ1) is 26.0. The van der Waals surface area contributed by atoms with E-state index >= 15 is 0 Å². The van der Waals surface area contributed by atoms with Gasteiger partial charge in [0.05, 0.1) is 41.1 Å². The fourth-order valence-corrected chi connectivity index (χ4v) is 6.44. The van der Waals surface area contributed by atoms with Gasteiger partial charge in [-0.15, -0.1) is 11.3 Å². The first-order valence-electron chi connectivity index (χ1n) is 10.8. The van der Waals surface area contributed by atoms with Gasteiger partial charge in [-0.1, -0.05) is 23.9 Å². The molecule has 1 aliphatic heterocycles. The van der Waals surface area contributed by atoms with Gasteiger partial charge < -0.3 is 10.4 Å². The number of carbonyl (C=O) groups is 2. The number of carboxylic acid groups (broad SMARTS) is 1. The summed E-state index contributed by atoms with van der Waals surface area (Å²) in [6.45, 7) is 0. The number of nitrogens with one attached hydrogen (secondary N) is 1. The van der Waals surface area contributed by atoms with Crippen LogP contribution in [-0.4, -0.2) is 37.0 Å². The number of non-ortho nitro benzene ring substituents is 1. The van der Waals surface area contributed by atoms with E-state index in [-0.39, 0.29) is 27.0 Å². The Hall–Kier alpha value is -4.60. The molecule has 1 amide bonds. The second kappa shape index (κ2) is 10.6. The fraction of sp³-hybridized carbons (Fsp3) is 0. The lowest BCUT2D eigenvalue weighted by molar-refractivity contribution is -0.387. The highest BCUT2D eigenvalue weighted by Crippen LogP contribution is 2.40. The number of nitro benzene ring substituents is 2. The Bertz CT molecular complexity index is 1770. The minimum atomic E-state index is -1.10. The van der Waals surface area contributed by atoms with E-state index < -0.39 is 21.7 Å². The predicted molar refractivity (Wildman–Crippen MR) is 148 cm³/mol. The lowest BCUT2D eigenvalue weighted by atomic mass is 10.2. The van der Waals surface area contributed by atoms with E-state index in [1.807, 2.05) is 0 Å². The second-order valence-corrected chi connectivity index (χ2v) is 11.2. The van der Waals surface area contributed by atoms with E-state index in [4.69, 9.17) is 5.11 Å². The Morgan fingerprint density at radius 1 is 1.08 bits per heavy atom. The smallest absolute Gasteiger partial charge is 0.335 e. The maximum atomic E-state index is 12.5. The number of nitro groups is 2. The van der Waals surface area contributed by atoms with Gasteiger partial charge in [-0.3, -0.25) is 25.0 Å². The number of hydrogen-bond donors (Lipinski definition) is 2. The summed E-state index contributed by atoms with van der Waals surface area (Å²) >= 11 is 3.28. The Morgan fingerprint density at radius 2 is 1.90 bits per heavy atom. The van der Waals surface area contributed by atoms with Crippen LogP contribution in [0.1, 0.15) is 15.9 Å². The summed E-state index contributed by atoms with van der Waals surface area (Å²) in [5.41, 5.74) is 1.11. The molecule has 1 aliphatic rings. The molecular weight excluding hydrogens is 566 g/mol. The Kier molecular flexibility index (Phi) is 7.10. The largest absolute Gasteiger partial charge is 0.478 e. The van der Waals surface area contributed by atoms with Crippen molar-refractivity contribution in [2.75, 3.05) is 0 Å². The van der Waals surface area contributed by atoms with Gasteiger partial charge in [-0.2, -0.15) is 0 Å². The first-order valence-corrected chi connectivity index (χ1v) is 13.3. The van der Waals surface area contributed by atoms with Crippen LogP contribution < -0.4 is 5.32 Å². The number of aromatic carboxylic acids is 1. The van der Waals surface area contributed by atoms with Crippen molar-refractivity contribution in [1.82, 2.24) is 10.3 Å². The van der Waals surface area contributed by atoms with Crippen LogP contribution in [-0.2, 0) is 4.79 Å². The number of amidine groups is 1. The summed E-state index contributed by atoms with van der Waals surface area (Å²) in [7, 11) is 0. The van der Waals surface area contributed by atoms with Crippen molar-refractivity contribution in [2.45, 2.75) is 9.24 Å². The number of carboxylic acids is 1. The van der Waals surface area contributed by atoms with Gasteiger partial charge in [0.15, 0.2) is 9.51 Å². The summed E-state index contributed by atoms with van der Waals surface area (Å²) in [6.07, 6.45) is 1.49. The average molecular weight is 580 g/mol. The number of benzene rings is 3. The highest BCUT2D eigenvalue weighted by atomic mass is 32.2. The van der Waals surface area contributed by atoms with Gasteiger partial charge in [-0.05, 0) is 53.7 Å². The molecular formula is C24H13N5O7S3. The molecule has 2 heterocycles. The molecule has 0 radical (unpaired) electrons. The topological polar surface area (TPSA) is 178 Å². The second-order valence-electron chi connectivity index (χ2n) is 7.81. The Balaban J connectivity index is 1.38. The highest BCUT2D eigenvalue weighted by molar-refractivity contribution is 8.18. The van der Waals surface area contributed by atoms with Gasteiger partial charge >= 0.3 is 5.97 Å².